The molecule has 2 heteroatoms. The van der Waals surface area contributed by atoms with Gasteiger partial charge in [-0.3, -0.25) is 0 Å². The topological polar surface area (TPSA) is 35.2 Å². The molecule has 0 saturated carbocycles. The zero-order valence-corrected chi connectivity index (χ0v) is 6.79. The van der Waals surface area contributed by atoms with E-state index in [1.54, 1.807) is 0 Å². The van der Waals surface area contributed by atoms with Crippen molar-refractivity contribution in [3.8, 4) is 12.3 Å². The standard InChI is InChI=1S/C10H11NO/c1-2-9-5-3-4-6-10(9)7-8-12-11/h1,3-6H,7-8,11H2. The minimum Gasteiger partial charge on any atom is -0.304 e. The molecule has 0 heterocycles. The van der Waals surface area contributed by atoms with Crippen LogP contribution in [0.15, 0.2) is 24.3 Å². The monoisotopic (exact) mass is 161 g/mol. The Morgan fingerprint density at radius 1 is 1.42 bits per heavy atom. The molecule has 1 aromatic rings. The molecule has 0 aliphatic carbocycles. The van der Waals surface area contributed by atoms with Crippen molar-refractivity contribution in [2.24, 2.45) is 5.90 Å². The Labute approximate surface area is 72.3 Å². The molecule has 1 rings (SSSR count). The van der Waals surface area contributed by atoms with E-state index in [4.69, 9.17) is 12.3 Å². The van der Waals surface area contributed by atoms with Gasteiger partial charge in [-0.05, 0) is 18.1 Å². The fraction of sp³-hybridized carbons (Fsp3) is 0.200. The van der Waals surface area contributed by atoms with Gasteiger partial charge in [0.1, 0.15) is 0 Å². The highest BCUT2D eigenvalue weighted by Gasteiger charge is 1.97. The molecule has 0 fully saturated rings. The molecule has 0 bridgehead atoms. The van der Waals surface area contributed by atoms with Gasteiger partial charge < -0.3 is 4.84 Å². The van der Waals surface area contributed by atoms with Crippen molar-refractivity contribution in [3.63, 3.8) is 0 Å². The Morgan fingerprint density at radius 2 is 2.17 bits per heavy atom. The van der Waals surface area contributed by atoms with E-state index in [0.717, 1.165) is 17.5 Å². The number of hydrogen-bond donors (Lipinski definition) is 1. The van der Waals surface area contributed by atoms with Crippen molar-refractivity contribution < 1.29 is 4.84 Å². The molecule has 0 atom stereocenters. The van der Waals surface area contributed by atoms with Crippen LogP contribution in [0.25, 0.3) is 0 Å². The van der Waals surface area contributed by atoms with E-state index in [0.29, 0.717) is 6.61 Å². The van der Waals surface area contributed by atoms with Gasteiger partial charge in [0.25, 0.3) is 0 Å². The Hall–Kier alpha value is -1.30. The van der Waals surface area contributed by atoms with Crippen LogP contribution in [0.1, 0.15) is 11.1 Å². The maximum Gasteiger partial charge on any atom is 0.0720 e. The fourth-order valence-corrected chi connectivity index (χ4v) is 1.05. The Morgan fingerprint density at radius 3 is 2.83 bits per heavy atom. The highest BCUT2D eigenvalue weighted by Crippen LogP contribution is 2.07. The van der Waals surface area contributed by atoms with Gasteiger partial charge in [0.15, 0.2) is 0 Å². The normalized spacial score (nSPS) is 9.33. The first-order valence-electron chi connectivity index (χ1n) is 3.74. The molecule has 0 spiro atoms. The first-order chi connectivity index (χ1) is 5.88. The highest BCUT2D eigenvalue weighted by atomic mass is 16.6. The van der Waals surface area contributed by atoms with E-state index in [9.17, 15) is 0 Å². The summed E-state index contributed by atoms with van der Waals surface area (Å²) in [6.07, 6.45) is 6.06. The van der Waals surface area contributed by atoms with Crippen molar-refractivity contribution in [1.82, 2.24) is 0 Å². The van der Waals surface area contributed by atoms with E-state index in [-0.39, 0.29) is 0 Å². The lowest BCUT2D eigenvalue weighted by Crippen LogP contribution is -2.04. The van der Waals surface area contributed by atoms with Gasteiger partial charge in [-0.15, -0.1) is 6.42 Å². The van der Waals surface area contributed by atoms with Gasteiger partial charge in [-0.1, -0.05) is 24.1 Å². The van der Waals surface area contributed by atoms with Crippen LogP contribution in [0.5, 0.6) is 0 Å². The van der Waals surface area contributed by atoms with E-state index >= 15 is 0 Å². The lowest BCUT2D eigenvalue weighted by Gasteiger charge is -2.02. The minimum atomic E-state index is 0.499. The third-order valence-electron chi connectivity index (χ3n) is 1.66. The van der Waals surface area contributed by atoms with Crippen molar-refractivity contribution in [2.45, 2.75) is 6.42 Å². The second kappa shape index (κ2) is 4.55. The van der Waals surface area contributed by atoms with E-state index in [2.05, 4.69) is 10.8 Å². The van der Waals surface area contributed by atoms with Crippen molar-refractivity contribution >= 4 is 0 Å². The van der Waals surface area contributed by atoms with Gasteiger partial charge >= 0.3 is 0 Å². The minimum absolute atomic E-state index is 0.499. The second-order valence-corrected chi connectivity index (χ2v) is 2.42. The van der Waals surface area contributed by atoms with Gasteiger partial charge in [-0.25, -0.2) is 5.90 Å². The maximum atomic E-state index is 5.30. The average Bonchev–Trinajstić information content (AvgIpc) is 2.15. The van der Waals surface area contributed by atoms with Crippen molar-refractivity contribution in [2.75, 3.05) is 6.61 Å². The molecule has 0 radical (unpaired) electrons. The highest BCUT2D eigenvalue weighted by molar-refractivity contribution is 5.39. The molecular weight excluding hydrogens is 150 g/mol. The number of benzene rings is 1. The molecule has 0 aliphatic heterocycles. The van der Waals surface area contributed by atoms with Crippen LogP contribution >= 0.6 is 0 Å². The number of rotatable bonds is 3. The van der Waals surface area contributed by atoms with Crippen LogP contribution < -0.4 is 5.90 Å². The second-order valence-electron chi connectivity index (χ2n) is 2.42. The van der Waals surface area contributed by atoms with Gasteiger partial charge in [0.2, 0.25) is 0 Å². The average molecular weight is 161 g/mol. The van der Waals surface area contributed by atoms with Crippen LogP contribution in [-0.2, 0) is 11.3 Å². The molecule has 0 saturated heterocycles. The summed E-state index contributed by atoms with van der Waals surface area (Å²) in [6, 6.07) is 7.76. The zero-order valence-electron chi connectivity index (χ0n) is 6.79. The predicted molar refractivity (Wildman–Crippen MR) is 48.2 cm³/mol. The Kier molecular flexibility index (Phi) is 3.34. The number of hydrogen-bond acceptors (Lipinski definition) is 2. The van der Waals surface area contributed by atoms with Crippen LogP contribution in [0, 0.1) is 12.3 Å². The zero-order chi connectivity index (χ0) is 8.81. The number of nitrogens with two attached hydrogens (primary N) is 1. The summed E-state index contributed by atoms with van der Waals surface area (Å²) >= 11 is 0. The lowest BCUT2D eigenvalue weighted by atomic mass is 10.1. The number of terminal acetylenes is 1. The maximum absolute atomic E-state index is 5.30. The lowest BCUT2D eigenvalue weighted by molar-refractivity contribution is 0.141. The molecule has 62 valence electrons. The van der Waals surface area contributed by atoms with Crippen LogP contribution in [0.4, 0.5) is 0 Å². The van der Waals surface area contributed by atoms with Crippen LogP contribution in [-0.4, -0.2) is 6.61 Å². The van der Waals surface area contributed by atoms with Gasteiger partial charge in [0.05, 0.1) is 6.61 Å². The molecule has 0 amide bonds. The van der Waals surface area contributed by atoms with Gasteiger partial charge in [-0.2, -0.15) is 0 Å². The summed E-state index contributed by atoms with van der Waals surface area (Å²) in [7, 11) is 0. The molecular formula is C10H11NO. The quantitative estimate of drug-likeness (QED) is 0.532. The van der Waals surface area contributed by atoms with Crippen molar-refractivity contribution in [3.05, 3.63) is 35.4 Å². The summed E-state index contributed by atoms with van der Waals surface area (Å²) in [5.74, 6) is 7.52. The first-order valence-corrected chi connectivity index (χ1v) is 3.74. The van der Waals surface area contributed by atoms with E-state index in [1.807, 2.05) is 24.3 Å². The summed E-state index contributed by atoms with van der Waals surface area (Å²) in [6.45, 7) is 0.499. The molecule has 0 aromatic heterocycles. The third kappa shape index (κ3) is 2.09. The third-order valence-corrected chi connectivity index (χ3v) is 1.66. The molecule has 2 N–H and O–H groups in total. The fourth-order valence-electron chi connectivity index (χ4n) is 1.05. The van der Waals surface area contributed by atoms with Crippen LogP contribution in [0.3, 0.4) is 0 Å². The molecule has 1 aromatic carbocycles. The van der Waals surface area contributed by atoms with E-state index in [1.165, 1.54) is 0 Å². The summed E-state index contributed by atoms with van der Waals surface area (Å²) in [4.78, 5) is 4.48. The van der Waals surface area contributed by atoms with Crippen LogP contribution in [0.2, 0.25) is 0 Å². The predicted octanol–water partition coefficient (Wildman–Crippen LogP) is 1.10. The molecule has 12 heavy (non-hydrogen) atoms. The van der Waals surface area contributed by atoms with E-state index < -0.39 is 0 Å². The first kappa shape index (κ1) is 8.79. The summed E-state index contributed by atoms with van der Waals surface area (Å²) in [5.41, 5.74) is 2.01. The summed E-state index contributed by atoms with van der Waals surface area (Å²) < 4.78 is 0. The molecule has 0 aliphatic rings. The van der Waals surface area contributed by atoms with Crippen molar-refractivity contribution in [1.29, 1.82) is 0 Å². The Balaban J connectivity index is 2.77. The smallest absolute Gasteiger partial charge is 0.0720 e. The summed E-state index contributed by atoms with van der Waals surface area (Å²) in [5, 5.41) is 0. The SMILES string of the molecule is C#Cc1ccccc1CCON. The largest absolute Gasteiger partial charge is 0.304 e. The van der Waals surface area contributed by atoms with Gasteiger partial charge in [0, 0.05) is 5.56 Å². The molecule has 0 unspecified atom stereocenters. The molecule has 2 nitrogen and oxygen atoms in total. The Bertz CT molecular complexity index is 288.